The van der Waals surface area contributed by atoms with Gasteiger partial charge in [0.1, 0.15) is 18.2 Å². The van der Waals surface area contributed by atoms with Crippen LogP contribution in [0.15, 0.2) is 146 Å². The van der Waals surface area contributed by atoms with Gasteiger partial charge in [0.25, 0.3) is 0 Å². The summed E-state index contributed by atoms with van der Waals surface area (Å²) < 4.78 is 63.6. The van der Waals surface area contributed by atoms with Crippen molar-refractivity contribution in [3.8, 4) is 11.5 Å². The molecule has 2 aliphatic heterocycles. The summed E-state index contributed by atoms with van der Waals surface area (Å²) in [7, 11) is 0. The van der Waals surface area contributed by atoms with Crippen molar-refractivity contribution >= 4 is 40.1 Å². The molecule has 4 heterocycles. The van der Waals surface area contributed by atoms with Crippen molar-refractivity contribution in [2.75, 3.05) is 51.3 Å². The summed E-state index contributed by atoms with van der Waals surface area (Å²) in [5, 5.41) is 17.9. The Morgan fingerprint density at radius 1 is 0.671 bits per heavy atom. The summed E-state index contributed by atoms with van der Waals surface area (Å²) in [5.74, 6) is -1.42. The predicted molar refractivity (Wildman–Crippen MR) is 277 cm³/mol. The van der Waals surface area contributed by atoms with Crippen molar-refractivity contribution in [1.29, 1.82) is 0 Å². The summed E-state index contributed by atoms with van der Waals surface area (Å²) in [4.78, 5) is 53.8. The summed E-state index contributed by atoms with van der Waals surface area (Å²) in [6, 6.07) is 35.4. The van der Waals surface area contributed by atoms with E-state index in [-0.39, 0.29) is 169 Å². The molecular formula is C55H60BrF4K2N7O7. The van der Waals surface area contributed by atoms with Crippen LogP contribution in [0.2, 0.25) is 0 Å². The number of carbonyl (C=O) groups excluding carboxylic acids is 3. The Kier molecular flexibility index (Phi) is 33.0. The number of rotatable bonds is 17. The van der Waals surface area contributed by atoms with Gasteiger partial charge in [-0.3, -0.25) is 29.3 Å². The van der Waals surface area contributed by atoms with E-state index >= 15 is 0 Å². The number of hydrogen-bond donors (Lipinski definition) is 3. The fourth-order valence-corrected chi connectivity index (χ4v) is 7.89. The Hall–Kier alpha value is -3.95. The number of nitrogens with zero attached hydrogens (tertiary/aromatic N) is 4. The molecule has 3 N–H and O–H groups in total. The molecule has 2 saturated heterocycles. The van der Waals surface area contributed by atoms with Gasteiger partial charge in [-0.1, -0.05) is 76.6 Å². The van der Waals surface area contributed by atoms with Crippen molar-refractivity contribution in [2.45, 2.75) is 44.7 Å². The van der Waals surface area contributed by atoms with Crippen molar-refractivity contribution in [1.82, 2.24) is 30.8 Å². The Morgan fingerprint density at radius 3 is 1.50 bits per heavy atom. The molecule has 0 bridgehead atoms. The van der Waals surface area contributed by atoms with Crippen LogP contribution in [0.4, 0.5) is 17.6 Å². The van der Waals surface area contributed by atoms with Gasteiger partial charge in [-0.05, 0) is 136 Å². The number of carbonyl (C=O) groups is 3. The first-order chi connectivity index (χ1) is 35.9. The Bertz CT molecular complexity index is 2620. The maximum absolute atomic E-state index is 13.7. The quantitative estimate of drug-likeness (QED) is 0.0232. The molecule has 14 nitrogen and oxygen atoms in total. The first kappa shape index (κ1) is 66.3. The summed E-state index contributed by atoms with van der Waals surface area (Å²) in [6.45, 7) is 5.97. The third-order valence-electron chi connectivity index (χ3n) is 11.5. The second-order valence-electron chi connectivity index (χ2n) is 16.7. The minimum Gasteiger partial charge on any atom is -1.00 e. The van der Waals surface area contributed by atoms with E-state index in [0.29, 0.717) is 36.5 Å². The average Bonchev–Trinajstić information content (AvgIpc) is 3.43. The number of para-hydroxylation sites is 2. The van der Waals surface area contributed by atoms with Crippen LogP contribution in [-0.2, 0) is 24.2 Å². The zero-order valence-electron chi connectivity index (χ0n) is 43.8. The number of pyridine rings is 2. The Labute approximate surface area is 536 Å². The SMILES string of the molecule is CC(=O)OOC=[N-].Fc1ccccc1OCCBr.O=C(NC(c1ccc(F)cc1)c1ccccn1)C1CCN(CCOc2ccccc2F)CC1.O=C(NC(c1ccc(F)cc1)c1ccccn1)C1CCNCC1.[H-].[K+].[K+]. The van der Waals surface area contributed by atoms with Crippen molar-refractivity contribution in [2.24, 2.45) is 11.8 Å². The molecule has 0 radical (unpaired) electrons. The van der Waals surface area contributed by atoms with Crippen molar-refractivity contribution in [3.05, 3.63) is 197 Å². The molecule has 0 spiro atoms. The molecule has 2 aromatic heterocycles. The molecule has 2 amide bonds. The van der Waals surface area contributed by atoms with Crippen LogP contribution in [0, 0.1) is 35.1 Å². The van der Waals surface area contributed by atoms with E-state index in [2.05, 4.69) is 56.5 Å². The molecule has 0 aliphatic carbocycles. The normalized spacial score (nSPS) is 13.9. The fourth-order valence-electron chi connectivity index (χ4n) is 7.73. The Balaban J connectivity index is 0.000000399. The van der Waals surface area contributed by atoms with Crippen LogP contribution >= 0.6 is 15.9 Å². The molecule has 2 fully saturated rings. The molecule has 76 heavy (non-hydrogen) atoms. The maximum atomic E-state index is 13.7. The van der Waals surface area contributed by atoms with E-state index in [9.17, 15) is 31.9 Å². The summed E-state index contributed by atoms with van der Waals surface area (Å²) >= 11 is 3.18. The van der Waals surface area contributed by atoms with Crippen LogP contribution in [0.5, 0.6) is 11.5 Å². The fraction of sp³-hybridized carbons (Fsp3) is 0.309. The monoisotopic (exact) mass is 1160 g/mol. The van der Waals surface area contributed by atoms with Gasteiger partial charge in [-0.15, -0.1) is 0 Å². The standard InChI is InChI=1S/C26H27F2N3O2.C18H20FN3O.C8H8BrFO.C3H4NO3.2K.H/c27-21-10-8-19(9-11-21)25(23-6-3-4-14-29-23)30-26(32)20-12-15-31(16-13-20)17-18-33-24-7-2-1-5-22(24)28;19-15-6-4-13(5-7-15)17(16-3-1-2-10-21-16)22-18(23)14-8-11-20-12-9-14;9-5-6-11-8-4-2-1-3-7(8)10;1-3(5)7-6-2-4;;;/h1-11,14,20,25H,12-13,15-18H2,(H,30,32);1-7,10,14,17,20H,8-9,11-12H2,(H,22,23);1-4H,5-6H2;2H,1H3;;;/q;;;-1;2*+1;-1. The zero-order chi connectivity index (χ0) is 52.9. The van der Waals surface area contributed by atoms with Gasteiger partial charge < -0.3 is 37.1 Å². The maximum Gasteiger partial charge on any atom is 1.00 e. The molecule has 2 aliphatic rings. The predicted octanol–water partition coefficient (Wildman–Crippen LogP) is 3.58. The van der Waals surface area contributed by atoms with Gasteiger partial charge >= 0.3 is 109 Å². The van der Waals surface area contributed by atoms with Gasteiger partial charge in [0, 0.05) is 49.4 Å². The number of benzene rings is 4. The second kappa shape index (κ2) is 37.8. The summed E-state index contributed by atoms with van der Waals surface area (Å²) in [5.41, 5.74) is 3.07. The molecule has 0 saturated carbocycles. The minimum absolute atomic E-state index is 0. The van der Waals surface area contributed by atoms with Gasteiger partial charge in [0.15, 0.2) is 23.1 Å². The van der Waals surface area contributed by atoms with Crippen LogP contribution in [0.25, 0.3) is 5.41 Å². The topological polar surface area (TPSA) is 176 Å². The molecule has 2 atom stereocenters. The van der Waals surface area contributed by atoms with E-state index in [0.717, 1.165) is 75.6 Å². The molecule has 4 aromatic carbocycles. The molecule has 394 valence electrons. The van der Waals surface area contributed by atoms with Gasteiger partial charge in [-0.25, -0.2) is 22.4 Å². The van der Waals surface area contributed by atoms with Crippen LogP contribution in [-0.4, -0.2) is 90.3 Å². The summed E-state index contributed by atoms with van der Waals surface area (Å²) in [6.07, 6.45) is 6.78. The number of alkyl halides is 1. The van der Waals surface area contributed by atoms with Crippen LogP contribution in [0.1, 0.15) is 68.6 Å². The molecule has 21 heteroatoms. The Morgan fingerprint density at radius 2 is 1.11 bits per heavy atom. The van der Waals surface area contributed by atoms with E-state index in [1.54, 1.807) is 73.1 Å². The number of likely N-dealkylation sites (tertiary alicyclic amines) is 1. The van der Waals surface area contributed by atoms with Crippen LogP contribution in [0.3, 0.4) is 0 Å². The first-order valence-electron chi connectivity index (χ1n) is 23.9. The van der Waals surface area contributed by atoms with Gasteiger partial charge in [0.05, 0.1) is 30.1 Å². The number of piperidine rings is 2. The van der Waals surface area contributed by atoms with E-state index in [4.69, 9.17) is 14.9 Å². The third kappa shape index (κ3) is 24.0. The zero-order valence-corrected chi connectivity index (χ0v) is 50.6. The van der Waals surface area contributed by atoms with Gasteiger partial charge in [-0.2, -0.15) is 0 Å². The second-order valence-corrected chi connectivity index (χ2v) is 17.5. The number of halogens is 5. The largest absolute Gasteiger partial charge is 1.00 e. The van der Waals surface area contributed by atoms with Crippen LogP contribution < -0.4 is 128 Å². The van der Waals surface area contributed by atoms with E-state index < -0.39 is 12.0 Å². The van der Waals surface area contributed by atoms with Gasteiger partial charge in [0.2, 0.25) is 11.8 Å². The first-order valence-corrected chi connectivity index (χ1v) is 25.0. The number of hydrogen-bond acceptors (Lipinski definition) is 11. The molecule has 2 unspecified atom stereocenters. The van der Waals surface area contributed by atoms with Crippen molar-refractivity contribution in [3.63, 3.8) is 0 Å². The molecule has 8 rings (SSSR count). The molecular weight excluding hydrogens is 1100 g/mol. The smallest absolute Gasteiger partial charge is 1.00 e. The molecule has 6 aromatic rings. The minimum atomic E-state index is -0.606. The number of amides is 2. The number of aromatic nitrogens is 2. The third-order valence-corrected chi connectivity index (χ3v) is 11.8. The average molecular weight is 1170 g/mol. The van der Waals surface area contributed by atoms with E-state index in [1.807, 2.05) is 36.4 Å². The number of ether oxygens (including phenoxy) is 2. The van der Waals surface area contributed by atoms with Crippen molar-refractivity contribution < 1.29 is 155 Å². The van der Waals surface area contributed by atoms with E-state index in [1.165, 1.54) is 36.4 Å². The number of nitrogens with one attached hydrogen (secondary N) is 3.